The van der Waals surface area contributed by atoms with Crippen molar-refractivity contribution in [1.29, 1.82) is 0 Å². The summed E-state index contributed by atoms with van der Waals surface area (Å²) in [6.07, 6.45) is 3.92. The van der Waals surface area contributed by atoms with E-state index in [9.17, 15) is 4.79 Å². The van der Waals surface area contributed by atoms with E-state index in [1.807, 2.05) is 31.2 Å². The molecule has 0 N–H and O–H groups in total. The summed E-state index contributed by atoms with van der Waals surface area (Å²) in [5.74, 6) is 0.819. The summed E-state index contributed by atoms with van der Waals surface area (Å²) >= 11 is 6.05. The maximum Gasteiger partial charge on any atom is 0.309 e. The van der Waals surface area contributed by atoms with E-state index in [0.717, 1.165) is 51.1 Å². The molecule has 0 saturated carbocycles. The van der Waals surface area contributed by atoms with E-state index in [0.29, 0.717) is 18.2 Å². The van der Waals surface area contributed by atoms with E-state index in [1.54, 1.807) is 0 Å². The highest BCUT2D eigenvalue weighted by molar-refractivity contribution is 6.32. The molecule has 1 aromatic carbocycles. The predicted molar refractivity (Wildman–Crippen MR) is 92.0 cm³/mol. The molecule has 1 aliphatic rings. The van der Waals surface area contributed by atoms with E-state index in [2.05, 4.69) is 4.90 Å². The van der Waals surface area contributed by atoms with E-state index in [1.165, 1.54) is 0 Å². The van der Waals surface area contributed by atoms with Crippen molar-refractivity contribution < 1.29 is 14.3 Å². The average Bonchev–Trinajstić information content (AvgIpc) is 2.57. The highest BCUT2D eigenvalue weighted by Crippen LogP contribution is 2.23. The minimum Gasteiger partial charge on any atom is -0.492 e. The third-order valence-corrected chi connectivity index (χ3v) is 4.48. The molecular formula is C18H26ClNO3. The Labute approximate surface area is 143 Å². The number of likely N-dealkylation sites (tertiary alicyclic amines) is 1. The quantitative estimate of drug-likeness (QED) is 0.534. The molecule has 0 aliphatic carbocycles. The van der Waals surface area contributed by atoms with Crippen molar-refractivity contribution in [3.05, 3.63) is 29.3 Å². The van der Waals surface area contributed by atoms with E-state index in [4.69, 9.17) is 21.1 Å². The Morgan fingerprint density at radius 3 is 2.70 bits per heavy atom. The number of carbonyl (C=O) groups is 1. The monoisotopic (exact) mass is 339 g/mol. The van der Waals surface area contributed by atoms with Crippen LogP contribution in [0.5, 0.6) is 5.75 Å². The second-order valence-electron chi connectivity index (χ2n) is 5.85. The lowest BCUT2D eigenvalue weighted by Gasteiger charge is -2.30. The Balaban J connectivity index is 1.56. The molecule has 0 radical (unpaired) electrons. The molecule has 4 nitrogen and oxygen atoms in total. The average molecular weight is 340 g/mol. The molecule has 2 rings (SSSR count). The highest BCUT2D eigenvalue weighted by atomic mass is 35.5. The Morgan fingerprint density at radius 1 is 1.26 bits per heavy atom. The summed E-state index contributed by atoms with van der Waals surface area (Å²) in [4.78, 5) is 14.1. The van der Waals surface area contributed by atoms with Crippen LogP contribution in [0.4, 0.5) is 0 Å². The van der Waals surface area contributed by atoms with Gasteiger partial charge in [0.25, 0.3) is 0 Å². The van der Waals surface area contributed by atoms with Gasteiger partial charge in [-0.15, -0.1) is 0 Å². The molecule has 1 saturated heterocycles. The number of hydrogen-bond acceptors (Lipinski definition) is 4. The highest BCUT2D eigenvalue weighted by Gasteiger charge is 2.25. The molecular weight excluding hydrogens is 314 g/mol. The smallest absolute Gasteiger partial charge is 0.309 e. The fourth-order valence-electron chi connectivity index (χ4n) is 2.83. The van der Waals surface area contributed by atoms with Gasteiger partial charge in [0.05, 0.1) is 24.2 Å². The van der Waals surface area contributed by atoms with Crippen molar-refractivity contribution in [3.8, 4) is 5.75 Å². The Bertz CT molecular complexity index is 487. The number of unbranched alkanes of at least 4 members (excludes halogenated alkanes) is 1. The van der Waals surface area contributed by atoms with Crippen LogP contribution in [-0.2, 0) is 9.53 Å². The maximum atomic E-state index is 11.7. The van der Waals surface area contributed by atoms with Crippen molar-refractivity contribution >= 4 is 17.6 Å². The molecule has 0 bridgehead atoms. The molecule has 128 valence electrons. The van der Waals surface area contributed by atoms with Crippen molar-refractivity contribution in [2.24, 2.45) is 5.92 Å². The van der Waals surface area contributed by atoms with Crippen molar-refractivity contribution in [2.75, 3.05) is 32.8 Å². The number of piperidine rings is 1. The number of para-hydroxylation sites is 1. The third kappa shape index (κ3) is 6.04. The molecule has 1 aliphatic heterocycles. The lowest BCUT2D eigenvalue weighted by Crippen LogP contribution is -2.37. The topological polar surface area (TPSA) is 38.8 Å². The lowest BCUT2D eigenvalue weighted by molar-refractivity contribution is -0.149. The molecule has 1 aromatic rings. The molecule has 5 heteroatoms. The van der Waals surface area contributed by atoms with Gasteiger partial charge in [-0.1, -0.05) is 23.7 Å². The first-order chi connectivity index (χ1) is 11.2. The van der Waals surface area contributed by atoms with Crippen LogP contribution in [0.3, 0.4) is 0 Å². The molecule has 0 unspecified atom stereocenters. The van der Waals surface area contributed by atoms with Crippen LogP contribution in [0.25, 0.3) is 0 Å². The predicted octanol–water partition coefficient (Wildman–Crippen LogP) is 3.77. The number of esters is 1. The van der Waals surface area contributed by atoms with Crippen LogP contribution in [0.2, 0.25) is 5.02 Å². The summed E-state index contributed by atoms with van der Waals surface area (Å²) in [6.45, 7) is 6.04. The Hall–Kier alpha value is -1.26. The molecule has 0 aromatic heterocycles. The fourth-order valence-corrected chi connectivity index (χ4v) is 3.02. The van der Waals surface area contributed by atoms with Crippen molar-refractivity contribution in [3.63, 3.8) is 0 Å². The minimum atomic E-state index is -0.0275. The fraction of sp³-hybridized carbons (Fsp3) is 0.611. The zero-order valence-electron chi connectivity index (χ0n) is 13.8. The lowest BCUT2D eigenvalue weighted by atomic mass is 9.97. The van der Waals surface area contributed by atoms with Gasteiger partial charge >= 0.3 is 5.97 Å². The zero-order valence-corrected chi connectivity index (χ0v) is 14.6. The van der Waals surface area contributed by atoms with E-state index >= 15 is 0 Å². The van der Waals surface area contributed by atoms with Crippen LogP contribution in [0, 0.1) is 5.92 Å². The zero-order chi connectivity index (χ0) is 16.5. The van der Waals surface area contributed by atoms with Crippen molar-refractivity contribution in [1.82, 2.24) is 4.90 Å². The summed E-state index contributed by atoms with van der Waals surface area (Å²) in [5, 5.41) is 0.661. The van der Waals surface area contributed by atoms with Crippen molar-refractivity contribution in [2.45, 2.75) is 32.6 Å². The third-order valence-electron chi connectivity index (χ3n) is 4.17. The normalized spacial score (nSPS) is 16.3. The summed E-state index contributed by atoms with van der Waals surface area (Å²) in [7, 11) is 0. The van der Waals surface area contributed by atoms with Gasteiger partial charge in [-0.05, 0) is 64.4 Å². The molecule has 0 atom stereocenters. The first-order valence-electron chi connectivity index (χ1n) is 8.47. The van der Waals surface area contributed by atoms with Gasteiger partial charge in [0.1, 0.15) is 5.75 Å². The van der Waals surface area contributed by atoms with E-state index in [-0.39, 0.29) is 11.9 Å². The molecule has 1 heterocycles. The van der Waals surface area contributed by atoms with Gasteiger partial charge < -0.3 is 14.4 Å². The summed E-state index contributed by atoms with van der Waals surface area (Å²) in [6, 6.07) is 7.55. The van der Waals surface area contributed by atoms with Gasteiger partial charge in [0, 0.05) is 0 Å². The van der Waals surface area contributed by atoms with Gasteiger partial charge in [-0.3, -0.25) is 4.79 Å². The SMILES string of the molecule is CCOC(=O)C1CCN(CCCCOc2ccccc2Cl)CC1. The summed E-state index contributed by atoms with van der Waals surface area (Å²) < 4.78 is 10.8. The number of hydrogen-bond donors (Lipinski definition) is 0. The Morgan fingerprint density at radius 2 is 2.00 bits per heavy atom. The Kier molecular flexibility index (Phi) is 7.69. The first kappa shape index (κ1) is 18.1. The number of halogens is 1. The van der Waals surface area contributed by atoms with Gasteiger partial charge in [-0.25, -0.2) is 0 Å². The van der Waals surface area contributed by atoms with Crippen LogP contribution in [0.1, 0.15) is 32.6 Å². The number of ether oxygens (including phenoxy) is 2. The molecule has 0 spiro atoms. The molecule has 1 fully saturated rings. The molecule has 23 heavy (non-hydrogen) atoms. The number of benzene rings is 1. The van der Waals surface area contributed by atoms with Crippen LogP contribution < -0.4 is 4.74 Å². The number of nitrogens with zero attached hydrogens (tertiary/aromatic N) is 1. The van der Waals surface area contributed by atoms with E-state index < -0.39 is 0 Å². The largest absolute Gasteiger partial charge is 0.492 e. The molecule has 0 amide bonds. The maximum absolute atomic E-state index is 11.7. The second-order valence-corrected chi connectivity index (χ2v) is 6.26. The number of rotatable bonds is 8. The first-order valence-corrected chi connectivity index (χ1v) is 8.84. The summed E-state index contributed by atoms with van der Waals surface area (Å²) in [5.41, 5.74) is 0. The standard InChI is InChI=1S/C18H26ClNO3/c1-2-22-18(21)15-9-12-20(13-10-15)11-5-6-14-23-17-8-4-3-7-16(17)19/h3-4,7-8,15H,2,5-6,9-14H2,1H3. The van der Waals surface area contributed by atoms with Crippen LogP contribution in [-0.4, -0.2) is 43.7 Å². The minimum absolute atomic E-state index is 0.0275. The number of carbonyl (C=O) groups excluding carboxylic acids is 1. The van der Waals surface area contributed by atoms with Crippen LogP contribution >= 0.6 is 11.6 Å². The van der Waals surface area contributed by atoms with Gasteiger partial charge in [0.15, 0.2) is 0 Å². The van der Waals surface area contributed by atoms with Gasteiger partial charge in [-0.2, -0.15) is 0 Å². The van der Waals surface area contributed by atoms with Crippen LogP contribution in [0.15, 0.2) is 24.3 Å². The van der Waals surface area contributed by atoms with Gasteiger partial charge in [0.2, 0.25) is 0 Å². The second kappa shape index (κ2) is 9.78.